The number of ether oxygens (including phenoxy) is 2. The molecular formula is C18H28N2O4. The molecule has 0 bridgehead atoms. The molecule has 6 heteroatoms. The first-order valence-corrected chi connectivity index (χ1v) is 8.73. The Morgan fingerprint density at radius 3 is 2.71 bits per heavy atom. The first-order chi connectivity index (χ1) is 11.6. The largest absolute Gasteiger partial charge is 0.490 e. The predicted molar refractivity (Wildman–Crippen MR) is 92.7 cm³/mol. The topological polar surface area (TPSA) is 71.0 Å². The van der Waals surface area contributed by atoms with Gasteiger partial charge in [0, 0.05) is 19.6 Å². The second kappa shape index (κ2) is 9.37. The molecule has 1 saturated heterocycles. The number of hydrogen-bond donors (Lipinski definition) is 2. The van der Waals surface area contributed by atoms with Crippen LogP contribution in [0, 0.1) is 0 Å². The van der Waals surface area contributed by atoms with Gasteiger partial charge >= 0.3 is 6.03 Å². The Balaban J connectivity index is 1.77. The van der Waals surface area contributed by atoms with Crippen molar-refractivity contribution in [2.75, 3.05) is 32.8 Å². The summed E-state index contributed by atoms with van der Waals surface area (Å²) in [5.74, 6) is 1.54. The van der Waals surface area contributed by atoms with Crippen LogP contribution in [-0.4, -0.2) is 55.0 Å². The zero-order valence-electron chi connectivity index (χ0n) is 14.6. The Morgan fingerprint density at radius 1 is 1.29 bits per heavy atom. The third-order valence-electron chi connectivity index (χ3n) is 3.98. The molecule has 134 valence electrons. The van der Waals surface area contributed by atoms with Crippen molar-refractivity contribution in [1.82, 2.24) is 10.2 Å². The van der Waals surface area contributed by atoms with Crippen LogP contribution in [0.2, 0.25) is 0 Å². The summed E-state index contributed by atoms with van der Waals surface area (Å²) in [5, 5.41) is 12.4. The van der Waals surface area contributed by atoms with E-state index in [2.05, 4.69) is 5.32 Å². The smallest absolute Gasteiger partial charge is 0.317 e. The van der Waals surface area contributed by atoms with Gasteiger partial charge in [0.25, 0.3) is 0 Å². The molecule has 2 N–H and O–H groups in total. The summed E-state index contributed by atoms with van der Waals surface area (Å²) in [6.07, 6.45) is 1.99. The van der Waals surface area contributed by atoms with E-state index >= 15 is 0 Å². The van der Waals surface area contributed by atoms with E-state index in [1.807, 2.05) is 32.0 Å². The summed E-state index contributed by atoms with van der Waals surface area (Å²) in [5.41, 5.74) is 1.16. The molecule has 1 aromatic rings. The molecule has 1 heterocycles. The highest BCUT2D eigenvalue weighted by atomic mass is 16.5. The molecule has 0 spiro atoms. The Bertz CT molecular complexity index is 536. The maximum absolute atomic E-state index is 11.9. The van der Waals surface area contributed by atoms with Crippen molar-refractivity contribution in [3.63, 3.8) is 0 Å². The Labute approximate surface area is 143 Å². The van der Waals surface area contributed by atoms with Crippen molar-refractivity contribution in [2.24, 2.45) is 0 Å². The molecule has 2 rings (SSSR count). The van der Waals surface area contributed by atoms with Gasteiger partial charge in [0.1, 0.15) is 0 Å². The maximum atomic E-state index is 11.9. The lowest BCUT2D eigenvalue weighted by Crippen LogP contribution is -2.39. The van der Waals surface area contributed by atoms with Crippen LogP contribution in [0.15, 0.2) is 18.2 Å². The van der Waals surface area contributed by atoms with E-state index < -0.39 is 0 Å². The summed E-state index contributed by atoms with van der Waals surface area (Å²) in [6, 6.07) is 5.89. The molecule has 0 aromatic heterocycles. The number of carbonyl (C=O) groups is 1. The molecular weight excluding hydrogens is 308 g/mol. The highest BCUT2D eigenvalue weighted by Crippen LogP contribution is 2.28. The number of carbonyl (C=O) groups excluding carboxylic acids is 1. The van der Waals surface area contributed by atoms with E-state index in [1.54, 1.807) is 4.90 Å². The van der Waals surface area contributed by atoms with E-state index in [0.29, 0.717) is 39.3 Å². The quantitative estimate of drug-likeness (QED) is 0.714. The number of amides is 2. The molecule has 0 aliphatic carbocycles. The lowest BCUT2D eigenvalue weighted by Gasteiger charge is -2.16. The number of aliphatic hydroxyl groups excluding tert-OH is 1. The SMILES string of the molecule is CCOc1ccc(CCCNC(=O)N2CC[C@@H](O)C2)cc1OCC. The number of rotatable bonds is 8. The second-order valence-electron chi connectivity index (χ2n) is 5.87. The van der Waals surface area contributed by atoms with Gasteiger partial charge in [-0.25, -0.2) is 4.79 Å². The first kappa shape index (κ1) is 18.4. The Morgan fingerprint density at radius 2 is 2.04 bits per heavy atom. The van der Waals surface area contributed by atoms with Crippen molar-refractivity contribution in [3.8, 4) is 11.5 Å². The summed E-state index contributed by atoms with van der Waals surface area (Å²) in [4.78, 5) is 13.6. The maximum Gasteiger partial charge on any atom is 0.317 e. The van der Waals surface area contributed by atoms with Gasteiger partial charge in [-0.15, -0.1) is 0 Å². The molecule has 6 nitrogen and oxygen atoms in total. The monoisotopic (exact) mass is 336 g/mol. The number of aliphatic hydroxyl groups is 1. The van der Waals surface area contributed by atoms with Crippen LogP contribution in [0.4, 0.5) is 4.79 Å². The van der Waals surface area contributed by atoms with Gasteiger partial charge in [-0.2, -0.15) is 0 Å². The summed E-state index contributed by atoms with van der Waals surface area (Å²) < 4.78 is 11.2. The fraction of sp³-hybridized carbons (Fsp3) is 0.611. The average molecular weight is 336 g/mol. The van der Waals surface area contributed by atoms with Crippen LogP contribution < -0.4 is 14.8 Å². The molecule has 1 aliphatic rings. The number of likely N-dealkylation sites (tertiary alicyclic amines) is 1. The molecule has 0 unspecified atom stereocenters. The van der Waals surface area contributed by atoms with Crippen LogP contribution in [0.5, 0.6) is 11.5 Å². The van der Waals surface area contributed by atoms with E-state index in [1.165, 1.54) is 0 Å². The van der Waals surface area contributed by atoms with E-state index in [0.717, 1.165) is 29.9 Å². The lowest BCUT2D eigenvalue weighted by atomic mass is 10.1. The van der Waals surface area contributed by atoms with Gasteiger partial charge in [0.2, 0.25) is 0 Å². The van der Waals surface area contributed by atoms with Gasteiger partial charge in [0.05, 0.1) is 19.3 Å². The van der Waals surface area contributed by atoms with Crippen LogP contribution >= 0.6 is 0 Å². The lowest BCUT2D eigenvalue weighted by molar-refractivity contribution is 0.172. The molecule has 0 radical (unpaired) electrons. The summed E-state index contributed by atoms with van der Waals surface area (Å²) in [6.45, 7) is 6.78. The van der Waals surface area contributed by atoms with E-state index in [9.17, 15) is 9.90 Å². The first-order valence-electron chi connectivity index (χ1n) is 8.73. The normalized spacial score (nSPS) is 17.0. The minimum atomic E-state index is -0.378. The second-order valence-corrected chi connectivity index (χ2v) is 5.87. The van der Waals surface area contributed by atoms with Crippen LogP contribution in [0.3, 0.4) is 0 Å². The highest BCUT2D eigenvalue weighted by Gasteiger charge is 2.23. The number of nitrogens with zero attached hydrogens (tertiary/aromatic N) is 1. The highest BCUT2D eigenvalue weighted by molar-refractivity contribution is 5.74. The third kappa shape index (κ3) is 5.30. The Hall–Kier alpha value is -1.95. The minimum absolute atomic E-state index is 0.0896. The Kier molecular flexibility index (Phi) is 7.18. The van der Waals surface area contributed by atoms with Gasteiger partial charge in [0.15, 0.2) is 11.5 Å². The van der Waals surface area contributed by atoms with Crippen LogP contribution in [-0.2, 0) is 6.42 Å². The zero-order valence-corrected chi connectivity index (χ0v) is 14.6. The van der Waals surface area contributed by atoms with Gasteiger partial charge < -0.3 is 24.8 Å². The molecule has 1 fully saturated rings. The molecule has 1 aromatic carbocycles. The standard InChI is InChI=1S/C18H28N2O4/c1-3-23-16-8-7-14(12-17(16)24-4-2)6-5-10-19-18(22)20-11-9-15(21)13-20/h7-8,12,15,21H,3-6,9-11,13H2,1-2H3,(H,19,22)/t15-/m1/s1. The third-order valence-corrected chi connectivity index (χ3v) is 3.98. The predicted octanol–water partition coefficient (Wildman–Crippen LogP) is 2.19. The fourth-order valence-electron chi connectivity index (χ4n) is 2.78. The molecule has 1 aliphatic heterocycles. The van der Waals surface area contributed by atoms with E-state index in [-0.39, 0.29) is 12.1 Å². The van der Waals surface area contributed by atoms with Crippen LogP contribution in [0.25, 0.3) is 0 Å². The van der Waals surface area contributed by atoms with Crippen molar-refractivity contribution in [2.45, 2.75) is 39.2 Å². The number of hydrogen-bond acceptors (Lipinski definition) is 4. The van der Waals surface area contributed by atoms with Crippen molar-refractivity contribution < 1.29 is 19.4 Å². The molecule has 24 heavy (non-hydrogen) atoms. The summed E-state index contributed by atoms with van der Waals surface area (Å²) in [7, 11) is 0. The van der Waals surface area contributed by atoms with Gasteiger partial charge in [-0.3, -0.25) is 0 Å². The molecule has 0 saturated carbocycles. The fourth-order valence-corrected chi connectivity index (χ4v) is 2.78. The number of urea groups is 1. The van der Waals surface area contributed by atoms with Crippen LogP contribution in [0.1, 0.15) is 32.3 Å². The number of β-amino-alcohol motifs (C(OH)–C–C–N with tert-alkyl or cyclic N) is 1. The number of aryl methyl sites for hydroxylation is 1. The molecule has 1 atom stereocenters. The zero-order chi connectivity index (χ0) is 17.4. The number of benzene rings is 1. The summed E-state index contributed by atoms with van der Waals surface area (Å²) >= 11 is 0. The minimum Gasteiger partial charge on any atom is -0.490 e. The number of nitrogens with one attached hydrogen (secondary N) is 1. The van der Waals surface area contributed by atoms with Crippen molar-refractivity contribution in [3.05, 3.63) is 23.8 Å². The van der Waals surface area contributed by atoms with E-state index in [4.69, 9.17) is 9.47 Å². The van der Waals surface area contributed by atoms with Crippen molar-refractivity contribution in [1.29, 1.82) is 0 Å². The van der Waals surface area contributed by atoms with Gasteiger partial charge in [-0.05, 0) is 50.8 Å². The van der Waals surface area contributed by atoms with Crippen molar-refractivity contribution >= 4 is 6.03 Å². The average Bonchev–Trinajstić information content (AvgIpc) is 3.00. The van der Waals surface area contributed by atoms with Gasteiger partial charge in [-0.1, -0.05) is 6.07 Å². The molecule has 2 amide bonds.